The highest BCUT2D eigenvalue weighted by Gasteiger charge is 2.18. The predicted octanol–water partition coefficient (Wildman–Crippen LogP) is 4.53. The normalized spacial score (nSPS) is 11.4. The maximum atomic E-state index is 12.3. The molecule has 1 amide bonds. The molecule has 6 nitrogen and oxygen atoms in total. The number of nitrogen functional groups attached to an aromatic ring is 1. The zero-order valence-corrected chi connectivity index (χ0v) is 15.3. The molecule has 3 rings (SSSR count). The van der Waals surface area contributed by atoms with Crippen LogP contribution in [0.4, 0.5) is 16.3 Å². The van der Waals surface area contributed by atoms with Crippen LogP contribution in [0.2, 0.25) is 0 Å². The molecule has 0 spiro atoms. The number of ether oxygens (including phenoxy) is 1. The van der Waals surface area contributed by atoms with Gasteiger partial charge in [-0.25, -0.2) is 9.78 Å². The first-order chi connectivity index (χ1) is 12.2. The number of aryl methyl sites for hydroxylation is 1. The van der Waals surface area contributed by atoms with Crippen LogP contribution in [0.25, 0.3) is 21.9 Å². The van der Waals surface area contributed by atoms with Crippen molar-refractivity contribution < 1.29 is 9.53 Å². The Labute approximate surface area is 152 Å². The third kappa shape index (κ3) is 3.91. The number of hydrogen-bond donors (Lipinski definition) is 2. The number of nitrogens with two attached hydrogens (primary N) is 1. The van der Waals surface area contributed by atoms with E-state index in [4.69, 9.17) is 10.5 Å². The minimum Gasteiger partial charge on any atom is -0.444 e. The number of benzene rings is 1. The first kappa shape index (κ1) is 17.7. The second-order valence-electron chi connectivity index (χ2n) is 7.17. The Morgan fingerprint density at radius 2 is 1.96 bits per heavy atom. The Hall–Kier alpha value is -3.15. The summed E-state index contributed by atoms with van der Waals surface area (Å²) in [5, 5.41) is 4.49. The maximum Gasteiger partial charge on any atom is 0.412 e. The topological polar surface area (TPSA) is 90.1 Å². The number of anilines is 2. The summed E-state index contributed by atoms with van der Waals surface area (Å²) in [7, 11) is 0. The first-order valence-electron chi connectivity index (χ1n) is 8.33. The van der Waals surface area contributed by atoms with E-state index in [1.54, 1.807) is 24.7 Å². The molecule has 0 bridgehead atoms. The number of carbonyl (C=O) groups is 1. The van der Waals surface area contributed by atoms with Crippen molar-refractivity contribution in [3.63, 3.8) is 0 Å². The summed E-state index contributed by atoms with van der Waals surface area (Å²) in [5.41, 5.74) is 8.87. The van der Waals surface area contributed by atoms with Crippen LogP contribution in [0.1, 0.15) is 26.3 Å². The van der Waals surface area contributed by atoms with Crippen molar-refractivity contribution in [3.8, 4) is 11.1 Å². The number of nitrogens with one attached hydrogen (secondary N) is 1. The summed E-state index contributed by atoms with van der Waals surface area (Å²) in [5.74, 6) is 0.417. The van der Waals surface area contributed by atoms with Gasteiger partial charge in [0.2, 0.25) is 0 Å². The molecule has 0 saturated carbocycles. The van der Waals surface area contributed by atoms with Gasteiger partial charge in [-0.1, -0.05) is 0 Å². The minimum atomic E-state index is -0.583. The monoisotopic (exact) mass is 350 g/mol. The third-order valence-corrected chi connectivity index (χ3v) is 3.84. The Balaban J connectivity index is 2.11. The molecule has 0 radical (unpaired) electrons. The van der Waals surface area contributed by atoms with Crippen LogP contribution >= 0.6 is 0 Å². The molecule has 0 saturated heterocycles. The van der Waals surface area contributed by atoms with E-state index in [1.165, 1.54) is 0 Å². The average molecular weight is 350 g/mol. The number of amides is 1. The number of aromatic nitrogens is 2. The molecule has 3 aromatic rings. The first-order valence-corrected chi connectivity index (χ1v) is 8.33. The molecule has 0 aliphatic rings. The Kier molecular flexibility index (Phi) is 4.50. The second kappa shape index (κ2) is 6.63. The number of rotatable bonds is 2. The Morgan fingerprint density at radius 1 is 1.19 bits per heavy atom. The highest BCUT2D eigenvalue weighted by Crippen LogP contribution is 2.32. The number of nitrogens with zero attached hydrogens (tertiary/aromatic N) is 2. The fraction of sp³-hybridized carbons (Fsp3) is 0.250. The zero-order valence-electron chi connectivity index (χ0n) is 15.3. The van der Waals surface area contributed by atoms with Gasteiger partial charge in [-0.15, -0.1) is 0 Å². The van der Waals surface area contributed by atoms with E-state index in [-0.39, 0.29) is 0 Å². The van der Waals surface area contributed by atoms with Crippen molar-refractivity contribution in [2.75, 3.05) is 11.1 Å². The summed E-state index contributed by atoms with van der Waals surface area (Å²) in [6.07, 6.45) is 4.69. The minimum absolute atomic E-state index is 0.417. The molecule has 0 atom stereocenters. The van der Waals surface area contributed by atoms with Gasteiger partial charge in [0.15, 0.2) is 0 Å². The van der Waals surface area contributed by atoms with Gasteiger partial charge in [0, 0.05) is 29.5 Å². The van der Waals surface area contributed by atoms with Crippen LogP contribution in [0, 0.1) is 6.92 Å². The highest BCUT2D eigenvalue weighted by atomic mass is 16.6. The number of pyridine rings is 2. The van der Waals surface area contributed by atoms with Crippen LogP contribution in [0.5, 0.6) is 0 Å². The van der Waals surface area contributed by atoms with E-state index in [9.17, 15) is 4.79 Å². The van der Waals surface area contributed by atoms with Crippen LogP contribution in [0.15, 0.2) is 42.9 Å². The van der Waals surface area contributed by atoms with Crippen LogP contribution < -0.4 is 11.1 Å². The van der Waals surface area contributed by atoms with E-state index in [0.717, 1.165) is 27.5 Å². The van der Waals surface area contributed by atoms with Gasteiger partial charge in [0.1, 0.15) is 11.4 Å². The van der Waals surface area contributed by atoms with Crippen molar-refractivity contribution in [3.05, 3.63) is 48.4 Å². The lowest BCUT2D eigenvalue weighted by atomic mass is 9.99. The van der Waals surface area contributed by atoms with Gasteiger partial charge in [-0.2, -0.15) is 0 Å². The maximum absolute atomic E-state index is 12.3. The largest absolute Gasteiger partial charge is 0.444 e. The summed E-state index contributed by atoms with van der Waals surface area (Å²) < 4.78 is 5.38. The van der Waals surface area contributed by atoms with Crippen LogP contribution in [-0.4, -0.2) is 21.7 Å². The molecule has 0 fully saturated rings. The van der Waals surface area contributed by atoms with Gasteiger partial charge >= 0.3 is 6.09 Å². The van der Waals surface area contributed by atoms with Crippen molar-refractivity contribution >= 4 is 28.4 Å². The Morgan fingerprint density at radius 3 is 2.65 bits per heavy atom. The lowest BCUT2D eigenvalue weighted by molar-refractivity contribution is 0.0636. The van der Waals surface area contributed by atoms with Crippen LogP contribution in [0.3, 0.4) is 0 Å². The number of fused-ring (bicyclic) bond motifs is 1. The highest BCUT2D eigenvalue weighted by molar-refractivity contribution is 6.03. The smallest absolute Gasteiger partial charge is 0.412 e. The molecule has 3 N–H and O–H groups in total. The zero-order chi connectivity index (χ0) is 18.9. The van der Waals surface area contributed by atoms with Gasteiger partial charge in [-0.3, -0.25) is 10.3 Å². The van der Waals surface area contributed by atoms with Gasteiger partial charge < -0.3 is 10.5 Å². The van der Waals surface area contributed by atoms with Gasteiger partial charge in [-0.05, 0) is 68.5 Å². The SMILES string of the molecule is Cc1ccncc1-c1cc(NC(=O)OC(C)(C)C)c2cnc(N)cc2c1. The number of carbonyl (C=O) groups excluding carboxylic acids is 1. The molecule has 134 valence electrons. The quantitative estimate of drug-likeness (QED) is 0.708. The summed E-state index contributed by atoms with van der Waals surface area (Å²) in [6, 6.07) is 7.64. The molecule has 0 aliphatic carbocycles. The van der Waals surface area contributed by atoms with Crippen LogP contribution in [-0.2, 0) is 4.74 Å². The molecule has 0 unspecified atom stereocenters. The van der Waals surface area contributed by atoms with E-state index >= 15 is 0 Å². The van der Waals surface area contributed by atoms with Crippen molar-refractivity contribution in [1.82, 2.24) is 9.97 Å². The fourth-order valence-corrected chi connectivity index (χ4v) is 2.71. The molecule has 1 aromatic carbocycles. The van der Waals surface area contributed by atoms with Crippen molar-refractivity contribution in [1.29, 1.82) is 0 Å². The lowest BCUT2D eigenvalue weighted by Gasteiger charge is -2.20. The average Bonchev–Trinajstić information content (AvgIpc) is 2.52. The second-order valence-corrected chi connectivity index (χ2v) is 7.17. The summed E-state index contributed by atoms with van der Waals surface area (Å²) >= 11 is 0. The van der Waals surface area contributed by atoms with Crippen molar-refractivity contribution in [2.24, 2.45) is 0 Å². The van der Waals surface area contributed by atoms with E-state index in [0.29, 0.717) is 11.5 Å². The third-order valence-electron chi connectivity index (χ3n) is 3.84. The molecule has 26 heavy (non-hydrogen) atoms. The van der Waals surface area contributed by atoms with Gasteiger partial charge in [0.05, 0.1) is 5.69 Å². The number of hydrogen-bond acceptors (Lipinski definition) is 5. The van der Waals surface area contributed by atoms with E-state index in [2.05, 4.69) is 15.3 Å². The fourth-order valence-electron chi connectivity index (χ4n) is 2.71. The molecule has 6 heteroatoms. The molecular weight excluding hydrogens is 328 g/mol. The van der Waals surface area contributed by atoms with E-state index < -0.39 is 11.7 Å². The lowest BCUT2D eigenvalue weighted by Crippen LogP contribution is -2.27. The predicted molar refractivity (Wildman–Crippen MR) is 104 cm³/mol. The molecule has 2 heterocycles. The summed E-state index contributed by atoms with van der Waals surface area (Å²) in [6.45, 7) is 7.48. The van der Waals surface area contributed by atoms with Gasteiger partial charge in [0.25, 0.3) is 0 Å². The molecule has 0 aliphatic heterocycles. The summed E-state index contributed by atoms with van der Waals surface area (Å²) in [4.78, 5) is 20.6. The van der Waals surface area contributed by atoms with E-state index in [1.807, 2.05) is 45.9 Å². The van der Waals surface area contributed by atoms with Crippen molar-refractivity contribution in [2.45, 2.75) is 33.3 Å². The Bertz CT molecular complexity index is 977. The molecule has 2 aromatic heterocycles. The molecular formula is C20H22N4O2. The standard InChI is InChI=1S/C20H22N4O2/c1-12-5-6-22-10-15(12)13-7-14-9-18(21)23-11-16(14)17(8-13)24-19(25)26-20(2,3)4/h5-11H,1-4H3,(H2,21,23)(H,24,25).